The minimum atomic E-state index is -1.27. The van der Waals surface area contributed by atoms with Crippen LogP contribution in [0.4, 0.5) is 48.4 Å². The maximum absolute atomic E-state index is 11.7. The SMILES string of the molecule is CCCCc1ccc(-c2ccc(N(c3ccc(N(c4ccc(-c5cc6sc(/C=C(/C#N)C(=O)O)cc6s5)s4)c4ccc(-c5cc6sc(/C=C(\C#N)C(=O)O)cc6s5)s4)cc3)c3ccc(N(c4ccc(-c5cc6sc(/C=C(\C#N)C(=O)O)cc6s5)s4)c4ccc(-c5cc6sc(/C=C(\C#N)C(=O)O)cc6s5)s4)cc3)cc2)c(CCCC)c1. The molecule has 115 heavy (non-hydrogen) atoms. The van der Waals surface area contributed by atoms with Crippen molar-refractivity contribution in [3.8, 4) is 74.4 Å². The lowest BCUT2D eigenvalue weighted by molar-refractivity contribution is -0.133. The fraction of sp³-hybridized carbons (Fsp3) is 0.0909. The Morgan fingerprint density at radius 2 is 0.591 bits per heavy atom. The summed E-state index contributed by atoms with van der Waals surface area (Å²) in [4.78, 5) is 65.0. The number of rotatable bonds is 28. The zero-order valence-corrected chi connectivity index (χ0v) is 70.2. The molecule has 0 radical (unpaired) electrons. The maximum atomic E-state index is 11.7. The normalized spacial score (nSPS) is 12.1. The Kier molecular flexibility index (Phi) is 22.6. The number of benzene rings is 4. The lowest BCUT2D eigenvalue weighted by Gasteiger charge is -2.28. The van der Waals surface area contributed by atoms with Crippen LogP contribution in [0.15, 0.2) is 210 Å². The first-order chi connectivity index (χ1) is 55.9. The molecule has 0 amide bonds. The van der Waals surface area contributed by atoms with Crippen LogP contribution < -0.4 is 14.7 Å². The van der Waals surface area contributed by atoms with E-state index in [9.17, 15) is 60.7 Å². The van der Waals surface area contributed by atoms with Gasteiger partial charge in [-0.2, -0.15) is 21.0 Å². The number of hydrogen-bond donors (Lipinski definition) is 4. The van der Waals surface area contributed by atoms with Gasteiger partial charge in [-0.15, -0.1) is 136 Å². The van der Waals surface area contributed by atoms with E-state index in [0.717, 1.165) is 169 Å². The van der Waals surface area contributed by atoms with Crippen LogP contribution in [0.1, 0.15) is 70.2 Å². The summed E-state index contributed by atoms with van der Waals surface area (Å²) in [7, 11) is 0. The Morgan fingerprint density at radius 1 is 0.313 bits per heavy atom. The summed E-state index contributed by atoms with van der Waals surface area (Å²) in [5.41, 5.74) is 8.35. The van der Waals surface area contributed by atoms with E-state index in [4.69, 9.17) is 0 Å². The van der Waals surface area contributed by atoms with Gasteiger partial charge in [-0.25, -0.2) is 19.2 Å². The third-order valence-electron chi connectivity index (χ3n) is 18.6. The van der Waals surface area contributed by atoms with Gasteiger partial charge in [0.2, 0.25) is 0 Å². The van der Waals surface area contributed by atoms with Gasteiger partial charge in [0.05, 0.1) is 0 Å². The number of aliphatic carboxylic acids is 4. The van der Waals surface area contributed by atoms with Gasteiger partial charge in [0.1, 0.15) is 66.6 Å². The van der Waals surface area contributed by atoms with Gasteiger partial charge in [0, 0.05) is 125 Å². The molecule has 12 aromatic heterocycles. The molecule has 0 aliphatic heterocycles. The van der Waals surface area contributed by atoms with Crippen LogP contribution in [-0.2, 0) is 32.0 Å². The van der Waals surface area contributed by atoms with Crippen LogP contribution in [0, 0.1) is 45.3 Å². The van der Waals surface area contributed by atoms with Crippen LogP contribution in [-0.4, -0.2) is 44.3 Å². The largest absolute Gasteiger partial charge is 0.477 e. The highest BCUT2D eigenvalue weighted by Gasteiger charge is 2.26. The third kappa shape index (κ3) is 16.4. The van der Waals surface area contributed by atoms with E-state index in [1.165, 1.54) is 86.3 Å². The van der Waals surface area contributed by atoms with Gasteiger partial charge in [0.25, 0.3) is 0 Å². The van der Waals surface area contributed by atoms with Crippen molar-refractivity contribution >= 4 is 270 Å². The number of carboxylic acids is 4. The predicted molar refractivity (Wildman–Crippen MR) is 484 cm³/mol. The quantitative estimate of drug-likeness (QED) is 0.0263. The molecular formula is C88H57N7O8S12. The van der Waals surface area contributed by atoms with Crippen molar-refractivity contribution in [3.05, 3.63) is 241 Å². The molecule has 12 heterocycles. The van der Waals surface area contributed by atoms with Gasteiger partial charge in [-0.3, -0.25) is 9.80 Å². The van der Waals surface area contributed by atoms with E-state index < -0.39 is 23.9 Å². The number of aryl methyl sites for hydroxylation is 2. The Hall–Kier alpha value is -11.5. The van der Waals surface area contributed by atoms with E-state index >= 15 is 0 Å². The number of hydrogen-bond acceptors (Lipinski definition) is 23. The number of carbonyl (C=O) groups is 4. The third-order valence-corrected chi connectivity index (χ3v) is 32.7. The molecule has 0 saturated carbocycles. The molecule has 0 fully saturated rings. The predicted octanol–water partition coefficient (Wildman–Crippen LogP) is 28.4. The molecule has 0 saturated heterocycles. The molecule has 0 bridgehead atoms. The first-order valence-corrected chi connectivity index (χ1v) is 45.5. The van der Waals surface area contributed by atoms with Crippen molar-refractivity contribution < 1.29 is 39.6 Å². The summed E-state index contributed by atoms with van der Waals surface area (Å²) in [5, 5.41) is 80.3. The van der Waals surface area contributed by atoms with E-state index in [-0.39, 0.29) is 22.3 Å². The van der Waals surface area contributed by atoms with Gasteiger partial charge < -0.3 is 25.3 Å². The van der Waals surface area contributed by atoms with Gasteiger partial charge in [-0.05, 0) is 230 Å². The molecule has 4 aromatic carbocycles. The Labute approximate surface area is 706 Å². The maximum Gasteiger partial charge on any atom is 0.346 e. The highest BCUT2D eigenvalue weighted by Crippen LogP contribution is 2.54. The number of nitriles is 4. The number of thiophene rings is 12. The van der Waals surface area contributed by atoms with E-state index in [1.807, 2.05) is 24.3 Å². The number of unbranched alkanes of at least 4 members (excludes halogenated alkanes) is 2. The zero-order valence-electron chi connectivity index (χ0n) is 60.4. The Bertz CT molecular complexity index is 6030. The van der Waals surface area contributed by atoms with Crippen LogP contribution in [0.25, 0.3) is 112 Å². The van der Waals surface area contributed by atoms with E-state index in [0.29, 0.717) is 19.5 Å². The molecule has 4 N–H and O–H groups in total. The minimum Gasteiger partial charge on any atom is -0.477 e. The van der Waals surface area contributed by atoms with Gasteiger partial charge in [-0.1, -0.05) is 57.0 Å². The minimum absolute atomic E-state index is 0.327. The highest BCUT2D eigenvalue weighted by atomic mass is 32.1. The summed E-state index contributed by atoms with van der Waals surface area (Å²) >= 11 is 18.8. The van der Waals surface area contributed by atoms with Crippen LogP contribution >= 0.6 is 136 Å². The molecule has 16 rings (SSSR count). The molecular weight excluding hydrogens is 1670 g/mol. The van der Waals surface area contributed by atoms with Crippen molar-refractivity contribution in [2.24, 2.45) is 0 Å². The van der Waals surface area contributed by atoms with Crippen LogP contribution in [0.5, 0.6) is 0 Å². The summed E-state index contributed by atoms with van der Waals surface area (Å²) in [6.45, 7) is 4.47. The first-order valence-electron chi connectivity index (χ1n) is 35.7. The number of carboxylic acid groups (broad SMARTS) is 4. The van der Waals surface area contributed by atoms with Crippen LogP contribution in [0.3, 0.4) is 0 Å². The molecule has 0 aliphatic rings. The molecule has 564 valence electrons. The second kappa shape index (κ2) is 33.5. The van der Waals surface area contributed by atoms with E-state index in [1.54, 1.807) is 115 Å². The van der Waals surface area contributed by atoms with Crippen molar-refractivity contribution in [1.82, 2.24) is 0 Å². The van der Waals surface area contributed by atoms with Gasteiger partial charge >= 0.3 is 23.9 Å². The average molecular weight is 1730 g/mol. The van der Waals surface area contributed by atoms with Crippen LogP contribution in [0.2, 0.25) is 0 Å². The number of anilines is 9. The lowest BCUT2D eigenvalue weighted by Crippen LogP contribution is -2.12. The van der Waals surface area contributed by atoms with Crippen molar-refractivity contribution in [2.45, 2.75) is 52.4 Å². The van der Waals surface area contributed by atoms with E-state index in [2.05, 4.69) is 192 Å². The molecule has 0 atom stereocenters. The smallest absolute Gasteiger partial charge is 0.346 e. The first kappa shape index (κ1) is 77.5. The van der Waals surface area contributed by atoms with Crippen molar-refractivity contribution in [2.75, 3.05) is 14.7 Å². The average Bonchev–Trinajstić information content (AvgIpc) is 1.67. The summed E-state index contributed by atoms with van der Waals surface area (Å²) in [5.74, 6) is -5.09. The lowest BCUT2D eigenvalue weighted by atomic mass is 9.93. The molecule has 0 unspecified atom stereocenters. The highest BCUT2D eigenvalue weighted by molar-refractivity contribution is 7.35. The van der Waals surface area contributed by atoms with Crippen molar-refractivity contribution in [3.63, 3.8) is 0 Å². The molecule has 0 spiro atoms. The van der Waals surface area contributed by atoms with Gasteiger partial charge in [0.15, 0.2) is 0 Å². The second-order valence-electron chi connectivity index (χ2n) is 26.2. The fourth-order valence-electron chi connectivity index (χ4n) is 13.1. The standard InChI is InChI=1S/C88H57N7O8S12/c1-3-5-7-48-9-22-64(50(31-48)8-6-4-2)49-10-12-55(13-11-49)93(56-14-18-58(19-15-56)94(81-27-23-65(112-81)73-40-77-69(108-73)36-60(104-77)32-51(44-89)85(96)97)82-28-24-66(113-82)74-41-78-70(109-74)37-61(105-78)33-52(45-90)86(98)99)57-16-20-59(21-17-57)95(83-29-25-67(114-83)75-42-79-71(110-75)38-62(106-79)34-53(46-91)87(100)101)84-30-26-68(115-84)76-43-80-72(111-76)39-63(107-80)35-54(47-92)88(102)103/h9-43H,3-8H2,1-2H3,(H,96,97)(H,98,99)(H,100,101)(H,102,103)/b51-32-,52-33+,53-34+,54-35+. The summed E-state index contributed by atoms with van der Waals surface area (Å²) in [6, 6.07) is 73.6. The number of fused-ring (bicyclic) bond motifs is 4. The topological polar surface area (TPSA) is 254 Å². The Balaban J connectivity index is 0.784. The fourth-order valence-corrected chi connectivity index (χ4v) is 27.2. The number of nitrogens with zero attached hydrogens (tertiary/aromatic N) is 7. The molecule has 27 heteroatoms. The van der Waals surface area contributed by atoms with Crippen molar-refractivity contribution in [1.29, 1.82) is 21.0 Å². The molecule has 15 nitrogen and oxygen atoms in total. The monoisotopic (exact) mass is 1720 g/mol. The molecule has 0 aliphatic carbocycles. The summed E-state index contributed by atoms with van der Waals surface area (Å²) in [6.07, 6.45) is 12.1. The second-order valence-corrected chi connectivity index (χ2v) is 39.2. The molecule has 16 aromatic rings. The summed E-state index contributed by atoms with van der Waals surface area (Å²) < 4.78 is 7.88. The Morgan fingerprint density at radius 3 is 0.870 bits per heavy atom. The zero-order chi connectivity index (χ0) is 79.7.